The van der Waals surface area contributed by atoms with Crippen LogP contribution in [-0.2, 0) is 16.4 Å². The Bertz CT molecular complexity index is 1040. The first-order valence-electron chi connectivity index (χ1n) is 11.2. The lowest BCUT2D eigenvalue weighted by Crippen LogP contribution is -2.46. The first-order chi connectivity index (χ1) is 15.7. The van der Waals surface area contributed by atoms with Gasteiger partial charge in [-0.2, -0.15) is 0 Å². The predicted molar refractivity (Wildman–Crippen MR) is 133 cm³/mol. The second kappa shape index (κ2) is 11.6. The summed E-state index contributed by atoms with van der Waals surface area (Å²) >= 11 is 5.83. The van der Waals surface area contributed by atoms with E-state index in [1.54, 1.807) is 29.2 Å². The molecule has 0 unspecified atom stereocenters. The van der Waals surface area contributed by atoms with Crippen LogP contribution in [0.3, 0.4) is 0 Å². The van der Waals surface area contributed by atoms with Crippen LogP contribution < -0.4 is 9.46 Å². The van der Waals surface area contributed by atoms with Crippen molar-refractivity contribution in [2.45, 2.75) is 45.6 Å². The molecule has 6 nitrogen and oxygen atoms in total. The van der Waals surface area contributed by atoms with E-state index in [4.69, 9.17) is 16.3 Å². The summed E-state index contributed by atoms with van der Waals surface area (Å²) in [5.74, 6) is 1.40. The van der Waals surface area contributed by atoms with Crippen molar-refractivity contribution < 1.29 is 17.9 Å². The van der Waals surface area contributed by atoms with Gasteiger partial charge < -0.3 is 9.64 Å². The van der Waals surface area contributed by atoms with E-state index in [2.05, 4.69) is 16.9 Å². The molecule has 0 aromatic heterocycles. The molecule has 0 atom stereocenters. The van der Waals surface area contributed by atoms with Gasteiger partial charge >= 0.3 is 6.03 Å². The zero-order valence-electron chi connectivity index (χ0n) is 19.0. The molecule has 3 rings (SSSR count). The average Bonchev–Trinajstić information content (AvgIpc) is 2.78. The van der Waals surface area contributed by atoms with E-state index in [9.17, 15) is 13.2 Å². The Morgan fingerprint density at radius 1 is 1.12 bits per heavy atom. The number of rotatable bonds is 8. The van der Waals surface area contributed by atoms with E-state index in [0.717, 1.165) is 36.8 Å². The standard InChI is InChI=1S/C25H31ClN2O4S/c1-19(2)32-24-11-7-20(8-12-24)3-4-22-13-16-28(17-14-22)25(29)27-33(30,31)18-15-21-5-9-23(26)10-6-21/h5-12,15,18-19,22H,3-4,13-14,16-17H2,1-2H3,(H,27,29). The summed E-state index contributed by atoms with van der Waals surface area (Å²) < 4.78 is 32.3. The quantitative estimate of drug-likeness (QED) is 0.531. The van der Waals surface area contributed by atoms with Gasteiger partial charge in [0.05, 0.1) is 11.5 Å². The van der Waals surface area contributed by atoms with Gasteiger partial charge in [0.25, 0.3) is 10.0 Å². The largest absolute Gasteiger partial charge is 0.491 e. The van der Waals surface area contributed by atoms with E-state index < -0.39 is 16.1 Å². The molecule has 1 N–H and O–H groups in total. The topological polar surface area (TPSA) is 75.7 Å². The second-order valence-corrected chi connectivity index (χ2v) is 10.6. The zero-order chi connectivity index (χ0) is 23.8. The second-order valence-electron chi connectivity index (χ2n) is 8.59. The van der Waals surface area contributed by atoms with Crippen LogP contribution >= 0.6 is 11.6 Å². The number of ether oxygens (including phenoxy) is 1. The van der Waals surface area contributed by atoms with Crippen molar-refractivity contribution in [3.63, 3.8) is 0 Å². The highest BCUT2D eigenvalue weighted by Crippen LogP contribution is 2.23. The van der Waals surface area contributed by atoms with Gasteiger partial charge in [-0.3, -0.25) is 0 Å². The summed E-state index contributed by atoms with van der Waals surface area (Å²) in [6.07, 6.45) is 5.34. The van der Waals surface area contributed by atoms with Crippen LogP contribution in [0.2, 0.25) is 5.02 Å². The summed E-state index contributed by atoms with van der Waals surface area (Å²) in [4.78, 5) is 14.0. The number of benzene rings is 2. The molecule has 0 aliphatic carbocycles. The van der Waals surface area contributed by atoms with Gasteiger partial charge in [-0.05, 0) is 86.9 Å². The lowest BCUT2D eigenvalue weighted by atomic mass is 9.90. The monoisotopic (exact) mass is 490 g/mol. The molecular formula is C25H31ClN2O4S. The van der Waals surface area contributed by atoms with Crippen LogP contribution in [0.25, 0.3) is 6.08 Å². The molecule has 0 spiro atoms. The lowest BCUT2D eigenvalue weighted by Gasteiger charge is -2.31. The number of aryl methyl sites for hydroxylation is 1. The average molecular weight is 491 g/mol. The molecule has 1 fully saturated rings. The van der Waals surface area contributed by atoms with Crippen LogP contribution in [0.15, 0.2) is 53.9 Å². The number of likely N-dealkylation sites (tertiary alicyclic amines) is 1. The van der Waals surface area contributed by atoms with Crippen LogP contribution in [0, 0.1) is 5.92 Å². The highest BCUT2D eigenvalue weighted by atomic mass is 35.5. The Morgan fingerprint density at radius 2 is 1.76 bits per heavy atom. The SMILES string of the molecule is CC(C)Oc1ccc(CCC2CCN(C(=O)NS(=O)(=O)C=Cc3ccc(Cl)cc3)CC2)cc1. The van der Waals surface area contributed by atoms with Crippen molar-refractivity contribution in [1.82, 2.24) is 9.62 Å². The Hall–Kier alpha value is -2.51. The number of nitrogens with one attached hydrogen (secondary N) is 1. The van der Waals surface area contributed by atoms with Crippen molar-refractivity contribution >= 4 is 33.7 Å². The van der Waals surface area contributed by atoms with Crippen LogP contribution in [0.4, 0.5) is 4.79 Å². The van der Waals surface area contributed by atoms with Crippen molar-refractivity contribution in [3.8, 4) is 5.75 Å². The van der Waals surface area contributed by atoms with Crippen LogP contribution in [0.5, 0.6) is 5.75 Å². The molecule has 2 aromatic carbocycles. The minimum Gasteiger partial charge on any atom is -0.491 e. The highest BCUT2D eigenvalue weighted by molar-refractivity contribution is 7.93. The molecule has 33 heavy (non-hydrogen) atoms. The molecule has 8 heteroatoms. The summed E-state index contributed by atoms with van der Waals surface area (Å²) in [7, 11) is -3.87. The Balaban J connectivity index is 1.42. The van der Waals surface area contributed by atoms with E-state index in [1.165, 1.54) is 11.6 Å². The van der Waals surface area contributed by atoms with Crippen molar-refractivity contribution in [2.75, 3.05) is 13.1 Å². The number of piperidine rings is 1. The molecule has 0 saturated carbocycles. The molecule has 0 bridgehead atoms. The third-order valence-electron chi connectivity index (χ3n) is 5.58. The molecule has 1 aliphatic rings. The number of urea groups is 1. The summed E-state index contributed by atoms with van der Waals surface area (Å²) in [5.41, 5.74) is 1.95. The minimum absolute atomic E-state index is 0.160. The van der Waals surface area contributed by atoms with Crippen LogP contribution in [-0.4, -0.2) is 38.5 Å². The van der Waals surface area contributed by atoms with Crippen molar-refractivity contribution in [3.05, 3.63) is 70.1 Å². The van der Waals surface area contributed by atoms with Gasteiger partial charge in [-0.25, -0.2) is 17.9 Å². The Morgan fingerprint density at radius 3 is 2.36 bits per heavy atom. The molecule has 1 saturated heterocycles. The maximum atomic E-state index is 12.4. The third kappa shape index (κ3) is 8.41. The molecule has 2 amide bonds. The molecular weight excluding hydrogens is 460 g/mol. The van der Waals surface area contributed by atoms with Crippen molar-refractivity contribution in [2.24, 2.45) is 5.92 Å². The van der Waals surface area contributed by atoms with E-state index in [-0.39, 0.29) is 6.10 Å². The van der Waals surface area contributed by atoms with E-state index >= 15 is 0 Å². The maximum Gasteiger partial charge on any atom is 0.331 e. The van der Waals surface area contributed by atoms with Gasteiger partial charge in [0, 0.05) is 18.1 Å². The Kier molecular flexibility index (Phi) is 8.80. The fraction of sp³-hybridized carbons (Fsp3) is 0.400. The van der Waals surface area contributed by atoms with E-state index in [1.807, 2.05) is 26.0 Å². The fourth-order valence-corrected chi connectivity index (χ4v) is 4.67. The number of nitrogens with zero attached hydrogens (tertiary/aromatic N) is 1. The Labute approximate surface area is 201 Å². The molecule has 0 radical (unpaired) electrons. The smallest absolute Gasteiger partial charge is 0.331 e. The normalized spacial score (nSPS) is 15.2. The number of amides is 2. The highest BCUT2D eigenvalue weighted by Gasteiger charge is 2.24. The summed E-state index contributed by atoms with van der Waals surface area (Å²) in [6, 6.07) is 14.4. The summed E-state index contributed by atoms with van der Waals surface area (Å²) in [6.45, 7) is 5.12. The lowest BCUT2D eigenvalue weighted by molar-refractivity contribution is 0.173. The van der Waals surface area contributed by atoms with Crippen LogP contribution in [0.1, 0.15) is 44.2 Å². The van der Waals surface area contributed by atoms with Gasteiger partial charge in [0.2, 0.25) is 0 Å². The number of hydrogen-bond acceptors (Lipinski definition) is 4. The van der Waals surface area contributed by atoms with Gasteiger partial charge in [-0.1, -0.05) is 35.9 Å². The van der Waals surface area contributed by atoms with Crippen molar-refractivity contribution in [1.29, 1.82) is 0 Å². The molecule has 1 aliphatic heterocycles. The molecule has 2 aromatic rings. The number of halogens is 1. The summed E-state index contributed by atoms with van der Waals surface area (Å²) in [5, 5.41) is 1.57. The first kappa shape index (κ1) is 25.1. The molecule has 178 valence electrons. The molecule has 1 heterocycles. The first-order valence-corrected chi connectivity index (χ1v) is 13.1. The number of hydrogen-bond donors (Lipinski definition) is 1. The van der Waals surface area contributed by atoms with Gasteiger partial charge in [0.1, 0.15) is 5.75 Å². The predicted octanol–water partition coefficient (Wildman–Crippen LogP) is 5.48. The van der Waals surface area contributed by atoms with Gasteiger partial charge in [0.15, 0.2) is 0 Å². The van der Waals surface area contributed by atoms with Gasteiger partial charge in [-0.15, -0.1) is 0 Å². The number of sulfonamides is 1. The third-order valence-corrected chi connectivity index (χ3v) is 6.78. The number of carbonyl (C=O) groups excluding carboxylic acids is 1. The zero-order valence-corrected chi connectivity index (χ0v) is 20.6. The number of carbonyl (C=O) groups is 1. The van der Waals surface area contributed by atoms with E-state index in [0.29, 0.717) is 29.6 Å². The maximum absolute atomic E-state index is 12.4. The fourth-order valence-electron chi connectivity index (χ4n) is 3.76. The minimum atomic E-state index is -3.87.